The van der Waals surface area contributed by atoms with Crippen LogP contribution in [0.2, 0.25) is 0 Å². The number of nitriles is 1. The summed E-state index contributed by atoms with van der Waals surface area (Å²) >= 11 is 2.21. The first-order valence-corrected chi connectivity index (χ1v) is 8.80. The van der Waals surface area contributed by atoms with Crippen molar-refractivity contribution in [1.29, 1.82) is 5.26 Å². The lowest BCUT2D eigenvalue weighted by Gasteiger charge is -2.09. The molecule has 5 nitrogen and oxygen atoms in total. The molecule has 0 aliphatic carbocycles. The van der Waals surface area contributed by atoms with E-state index in [0.29, 0.717) is 18.8 Å². The van der Waals surface area contributed by atoms with Crippen LogP contribution in [0.4, 0.5) is 5.69 Å². The van der Waals surface area contributed by atoms with Gasteiger partial charge in [0.05, 0.1) is 0 Å². The molecule has 0 aliphatic rings. The van der Waals surface area contributed by atoms with Gasteiger partial charge in [-0.15, -0.1) is 0 Å². The summed E-state index contributed by atoms with van der Waals surface area (Å²) < 4.78 is 1.09. The Bertz CT molecular complexity index is 840. The highest BCUT2D eigenvalue weighted by molar-refractivity contribution is 14.1. The Morgan fingerprint density at radius 2 is 2.04 bits per heavy atom. The summed E-state index contributed by atoms with van der Waals surface area (Å²) in [7, 11) is 0. The van der Waals surface area contributed by atoms with E-state index in [4.69, 9.17) is 5.73 Å². The number of nitrogens with two attached hydrogens (primary N) is 1. The number of hydrogen-bond acceptors (Lipinski definition) is 4. The van der Waals surface area contributed by atoms with Gasteiger partial charge in [-0.05, 0) is 64.4 Å². The van der Waals surface area contributed by atoms with Crippen LogP contribution in [0.3, 0.4) is 0 Å². The monoisotopic (exact) mass is 446 g/mol. The van der Waals surface area contributed by atoms with Crippen molar-refractivity contribution >= 4 is 34.2 Å². The molecule has 1 amide bonds. The van der Waals surface area contributed by atoms with E-state index in [1.54, 1.807) is 0 Å². The minimum atomic E-state index is -0.435. The Kier molecular flexibility index (Phi) is 6.98. The van der Waals surface area contributed by atoms with Crippen LogP contribution in [0.25, 0.3) is 0 Å². The minimum Gasteiger partial charge on any atom is -0.386 e. The Labute approximate surface area is 161 Å². The lowest BCUT2D eigenvalue weighted by Crippen LogP contribution is -2.17. The van der Waals surface area contributed by atoms with Gasteiger partial charge in [-0.25, -0.2) is 0 Å². The fourth-order valence-electron chi connectivity index (χ4n) is 2.24. The Hall–Kier alpha value is -2.37. The highest BCUT2D eigenvalue weighted by atomic mass is 127. The number of benzene rings is 2. The number of rotatable bonds is 6. The Balaban J connectivity index is 2.01. The molecule has 0 bridgehead atoms. The summed E-state index contributed by atoms with van der Waals surface area (Å²) in [6.07, 6.45) is 1.44. The topological polar surface area (TPSA) is 90.9 Å². The van der Waals surface area contributed by atoms with Crippen LogP contribution < -0.4 is 16.4 Å². The molecule has 2 aromatic rings. The molecule has 0 atom stereocenters. The fraction of sp³-hybridized carbons (Fsp3) is 0.158. The third-order valence-corrected chi connectivity index (χ3v) is 4.25. The number of carbonyl (C=O) groups excluding carboxylic acids is 1. The Morgan fingerprint density at radius 1 is 1.28 bits per heavy atom. The molecule has 0 saturated heterocycles. The summed E-state index contributed by atoms with van der Waals surface area (Å²) in [4.78, 5) is 12.3. The van der Waals surface area contributed by atoms with Gasteiger partial charge in [0.2, 0.25) is 0 Å². The average Bonchev–Trinajstić information content (AvgIpc) is 2.61. The molecule has 0 aliphatic heterocycles. The van der Waals surface area contributed by atoms with E-state index < -0.39 is 5.91 Å². The van der Waals surface area contributed by atoms with Crippen molar-refractivity contribution in [2.24, 2.45) is 5.73 Å². The summed E-state index contributed by atoms with van der Waals surface area (Å²) in [6, 6.07) is 15.5. The van der Waals surface area contributed by atoms with Crippen LogP contribution in [0, 0.1) is 21.8 Å². The van der Waals surface area contributed by atoms with Crippen molar-refractivity contribution in [2.45, 2.75) is 20.0 Å². The molecule has 0 radical (unpaired) electrons. The summed E-state index contributed by atoms with van der Waals surface area (Å²) in [5, 5.41) is 15.0. The standard InChI is InChI=1S/C19H19IN4O/c1-13-7-17(20)5-6-18(13)24-19(25)16(10-22)12-23-11-15-4-2-3-14(8-15)9-21/h2-8,12,23H,9,11,21H2,1H3,(H,24,25)/b16-12-. The van der Waals surface area contributed by atoms with Crippen molar-refractivity contribution in [2.75, 3.05) is 5.32 Å². The van der Waals surface area contributed by atoms with Crippen LogP contribution in [0.5, 0.6) is 0 Å². The molecule has 0 unspecified atom stereocenters. The molecule has 0 fully saturated rings. The van der Waals surface area contributed by atoms with E-state index in [2.05, 4.69) is 33.2 Å². The third-order valence-electron chi connectivity index (χ3n) is 3.58. The largest absolute Gasteiger partial charge is 0.386 e. The molecule has 0 spiro atoms. The molecule has 2 rings (SSSR count). The normalized spacial score (nSPS) is 10.9. The highest BCUT2D eigenvalue weighted by Crippen LogP contribution is 2.18. The minimum absolute atomic E-state index is 0.0212. The van der Waals surface area contributed by atoms with Gasteiger partial charge >= 0.3 is 0 Å². The van der Waals surface area contributed by atoms with Gasteiger partial charge in [0.25, 0.3) is 5.91 Å². The zero-order valence-electron chi connectivity index (χ0n) is 13.8. The molecular weight excluding hydrogens is 427 g/mol. The van der Waals surface area contributed by atoms with Gasteiger partial charge in [0, 0.05) is 28.5 Å². The first kappa shape index (κ1) is 19.0. The molecule has 0 aromatic heterocycles. The van der Waals surface area contributed by atoms with E-state index in [1.807, 2.05) is 55.5 Å². The van der Waals surface area contributed by atoms with Crippen molar-refractivity contribution in [3.8, 4) is 6.07 Å². The lowest BCUT2D eigenvalue weighted by atomic mass is 10.1. The van der Waals surface area contributed by atoms with Crippen molar-refractivity contribution in [1.82, 2.24) is 5.32 Å². The number of aryl methyl sites for hydroxylation is 1. The van der Waals surface area contributed by atoms with E-state index in [-0.39, 0.29) is 5.57 Å². The predicted octanol–water partition coefficient (Wildman–Crippen LogP) is 3.19. The number of nitrogens with zero attached hydrogens (tertiary/aromatic N) is 1. The summed E-state index contributed by atoms with van der Waals surface area (Å²) in [6.45, 7) is 2.90. The maximum absolute atomic E-state index is 12.3. The van der Waals surface area contributed by atoms with Crippen LogP contribution in [-0.4, -0.2) is 5.91 Å². The Morgan fingerprint density at radius 3 is 2.72 bits per heavy atom. The van der Waals surface area contributed by atoms with Crippen LogP contribution in [0.15, 0.2) is 54.2 Å². The van der Waals surface area contributed by atoms with Gasteiger partial charge < -0.3 is 16.4 Å². The second-order valence-electron chi connectivity index (χ2n) is 5.49. The van der Waals surface area contributed by atoms with Gasteiger partial charge in [-0.3, -0.25) is 4.79 Å². The first-order chi connectivity index (χ1) is 12.0. The molecule has 2 aromatic carbocycles. The molecule has 0 heterocycles. The third kappa shape index (κ3) is 5.59. The first-order valence-electron chi connectivity index (χ1n) is 7.72. The number of amides is 1. The summed E-state index contributed by atoms with van der Waals surface area (Å²) in [5.41, 5.74) is 9.36. The van der Waals surface area contributed by atoms with Crippen molar-refractivity contribution in [3.05, 3.63) is 74.5 Å². The number of carbonyl (C=O) groups is 1. The highest BCUT2D eigenvalue weighted by Gasteiger charge is 2.10. The van der Waals surface area contributed by atoms with E-state index in [0.717, 1.165) is 20.3 Å². The van der Waals surface area contributed by atoms with Gasteiger partial charge in [0.15, 0.2) is 0 Å². The number of hydrogen-bond donors (Lipinski definition) is 3. The van der Waals surface area contributed by atoms with Gasteiger partial charge in [0.1, 0.15) is 11.6 Å². The molecular formula is C19H19IN4O. The van der Waals surface area contributed by atoms with Crippen LogP contribution in [0.1, 0.15) is 16.7 Å². The van der Waals surface area contributed by atoms with Gasteiger partial charge in [-0.2, -0.15) is 5.26 Å². The van der Waals surface area contributed by atoms with Crippen molar-refractivity contribution < 1.29 is 4.79 Å². The average molecular weight is 446 g/mol. The number of halogens is 1. The maximum Gasteiger partial charge on any atom is 0.267 e. The van der Waals surface area contributed by atoms with E-state index in [9.17, 15) is 10.1 Å². The molecule has 25 heavy (non-hydrogen) atoms. The maximum atomic E-state index is 12.3. The smallest absolute Gasteiger partial charge is 0.267 e. The van der Waals surface area contributed by atoms with Crippen LogP contribution in [-0.2, 0) is 17.9 Å². The number of anilines is 1. The SMILES string of the molecule is Cc1cc(I)ccc1NC(=O)/C(C#N)=C\NCc1cccc(CN)c1. The molecule has 0 saturated carbocycles. The predicted molar refractivity (Wildman–Crippen MR) is 107 cm³/mol. The summed E-state index contributed by atoms with van der Waals surface area (Å²) in [5.74, 6) is -0.435. The van der Waals surface area contributed by atoms with Crippen molar-refractivity contribution in [3.63, 3.8) is 0 Å². The fourth-order valence-corrected chi connectivity index (χ4v) is 2.89. The second kappa shape index (κ2) is 9.20. The second-order valence-corrected chi connectivity index (χ2v) is 6.73. The number of nitrogens with one attached hydrogen (secondary N) is 2. The molecule has 128 valence electrons. The molecule has 4 N–H and O–H groups in total. The van der Waals surface area contributed by atoms with E-state index in [1.165, 1.54) is 6.20 Å². The zero-order chi connectivity index (χ0) is 18.2. The molecule has 6 heteroatoms. The zero-order valence-corrected chi connectivity index (χ0v) is 16.0. The van der Waals surface area contributed by atoms with Gasteiger partial charge in [-0.1, -0.05) is 24.3 Å². The lowest BCUT2D eigenvalue weighted by molar-refractivity contribution is -0.112. The quantitative estimate of drug-likeness (QED) is 0.361. The van der Waals surface area contributed by atoms with Crippen LogP contribution >= 0.6 is 22.6 Å². The van der Waals surface area contributed by atoms with E-state index >= 15 is 0 Å².